The number of anilines is 1. The fourth-order valence-corrected chi connectivity index (χ4v) is 3.10. The molecule has 2 aromatic carbocycles. The fraction of sp³-hybridized carbons (Fsp3) is 0.143. The van der Waals surface area contributed by atoms with E-state index in [1.165, 1.54) is 6.33 Å². The molecule has 0 bridgehead atoms. The number of benzene rings is 2. The van der Waals surface area contributed by atoms with Crippen LogP contribution in [-0.4, -0.2) is 27.7 Å². The number of fused-ring (bicyclic) bond motifs is 1. The maximum absolute atomic E-state index is 6.18. The molecule has 6 heteroatoms. The molecule has 4 aromatic rings. The standard InChI is InChI=1S/C21H21N5O/c22-11-4-12-27-17-9-7-16(8-10-17)26-13-18(15-5-2-1-3-6-15)19-20(23)24-14-25-21(19)26/h1-3,5-10,13-14H,4,11-12,22H2,(H2,23,24,25). The van der Waals surface area contributed by atoms with Crippen LogP contribution in [0.2, 0.25) is 0 Å². The molecule has 0 aliphatic carbocycles. The number of aromatic nitrogens is 3. The molecule has 2 aromatic heterocycles. The lowest BCUT2D eigenvalue weighted by Crippen LogP contribution is -2.06. The van der Waals surface area contributed by atoms with Gasteiger partial charge in [0.1, 0.15) is 17.9 Å². The Morgan fingerprint density at radius 3 is 2.48 bits per heavy atom. The summed E-state index contributed by atoms with van der Waals surface area (Å²) in [6, 6.07) is 18.0. The van der Waals surface area contributed by atoms with E-state index < -0.39 is 0 Å². The van der Waals surface area contributed by atoms with Gasteiger partial charge in [0.05, 0.1) is 12.0 Å². The summed E-state index contributed by atoms with van der Waals surface area (Å²) >= 11 is 0. The van der Waals surface area contributed by atoms with Crippen LogP contribution in [0.3, 0.4) is 0 Å². The van der Waals surface area contributed by atoms with Gasteiger partial charge in [0.25, 0.3) is 0 Å². The number of hydrogen-bond donors (Lipinski definition) is 2. The van der Waals surface area contributed by atoms with E-state index in [9.17, 15) is 0 Å². The molecule has 0 saturated carbocycles. The van der Waals surface area contributed by atoms with Crippen LogP contribution in [0.5, 0.6) is 5.75 Å². The molecule has 4 N–H and O–H groups in total. The summed E-state index contributed by atoms with van der Waals surface area (Å²) < 4.78 is 7.71. The maximum atomic E-state index is 6.18. The Bertz CT molecular complexity index is 1040. The van der Waals surface area contributed by atoms with Crippen molar-refractivity contribution in [1.29, 1.82) is 0 Å². The van der Waals surface area contributed by atoms with Crippen LogP contribution in [0, 0.1) is 0 Å². The summed E-state index contributed by atoms with van der Waals surface area (Å²) in [4.78, 5) is 8.65. The third kappa shape index (κ3) is 3.35. The summed E-state index contributed by atoms with van der Waals surface area (Å²) in [5.41, 5.74) is 15.5. The highest BCUT2D eigenvalue weighted by Crippen LogP contribution is 2.34. The number of nitrogens with zero attached hydrogens (tertiary/aromatic N) is 3. The number of ether oxygens (including phenoxy) is 1. The van der Waals surface area contributed by atoms with E-state index in [4.69, 9.17) is 16.2 Å². The van der Waals surface area contributed by atoms with Crippen molar-refractivity contribution in [3.05, 3.63) is 67.1 Å². The Morgan fingerprint density at radius 2 is 1.74 bits per heavy atom. The zero-order chi connectivity index (χ0) is 18.6. The molecule has 6 nitrogen and oxygen atoms in total. The molecule has 0 fully saturated rings. The van der Waals surface area contributed by atoms with Crippen molar-refractivity contribution in [2.75, 3.05) is 18.9 Å². The van der Waals surface area contributed by atoms with Gasteiger partial charge in [-0.25, -0.2) is 9.97 Å². The first kappa shape index (κ1) is 17.1. The number of nitrogens with two attached hydrogens (primary N) is 2. The number of hydrogen-bond acceptors (Lipinski definition) is 5. The first-order valence-electron chi connectivity index (χ1n) is 8.88. The lowest BCUT2D eigenvalue weighted by Gasteiger charge is -2.08. The van der Waals surface area contributed by atoms with Crippen molar-refractivity contribution < 1.29 is 4.74 Å². The van der Waals surface area contributed by atoms with Crippen LogP contribution in [0.1, 0.15) is 6.42 Å². The Morgan fingerprint density at radius 1 is 0.963 bits per heavy atom. The lowest BCUT2D eigenvalue weighted by molar-refractivity contribution is 0.313. The second-order valence-electron chi connectivity index (χ2n) is 6.22. The van der Waals surface area contributed by atoms with Crippen molar-refractivity contribution in [2.24, 2.45) is 5.73 Å². The largest absolute Gasteiger partial charge is 0.494 e. The summed E-state index contributed by atoms with van der Waals surface area (Å²) in [6.07, 6.45) is 4.38. The van der Waals surface area contributed by atoms with Gasteiger partial charge in [-0.15, -0.1) is 0 Å². The van der Waals surface area contributed by atoms with Crippen molar-refractivity contribution in [3.63, 3.8) is 0 Å². The van der Waals surface area contributed by atoms with Crippen molar-refractivity contribution in [3.8, 4) is 22.6 Å². The predicted molar refractivity (Wildman–Crippen MR) is 108 cm³/mol. The molecular formula is C21H21N5O. The van der Waals surface area contributed by atoms with Crippen molar-refractivity contribution >= 4 is 16.9 Å². The topological polar surface area (TPSA) is 92.0 Å². The highest BCUT2D eigenvalue weighted by molar-refractivity contribution is 6.01. The van der Waals surface area contributed by atoms with Gasteiger partial charge in [0.2, 0.25) is 0 Å². The highest BCUT2D eigenvalue weighted by atomic mass is 16.5. The van der Waals surface area contributed by atoms with E-state index >= 15 is 0 Å². The first-order chi connectivity index (χ1) is 13.3. The summed E-state index contributed by atoms with van der Waals surface area (Å²) in [5.74, 6) is 1.29. The average Bonchev–Trinajstić information content (AvgIpc) is 3.10. The second-order valence-corrected chi connectivity index (χ2v) is 6.22. The van der Waals surface area contributed by atoms with Crippen LogP contribution < -0.4 is 16.2 Å². The third-order valence-electron chi connectivity index (χ3n) is 4.43. The number of nitrogen functional groups attached to an aromatic ring is 1. The van der Waals surface area contributed by atoms with Gasteiger partial charge in [-0.3, -0.25) is 0 Å². The molecule has 0 unspecified atom stereocenters. The Balaban J connectivity index is 1.77. The molecule has 0 aliphatic heterocycles. The highest BCUT2D eigenvalue weighted by Gasteiger charge is 2.15. The van der Waals surface area contributed by atoms with Gasteiger partial charge in [0.15, 0.2) is 5.65 Å². The molecule has 136 valence electrons. The molecule has 0 aliphatic rings. The SMILES string of the molecule is NCCCOc1ccc(-n2cc(-c3ccccc3)c3c(N)ncnc32)cc1. The normalized spacial score (nSPS) is 11.0. The summed E-state index contributed by atoms with van der Waals surface area (Å²) in [5, 5.41) is 0.854. The van der Waals surface area contributed by atoms with Crippen LogP contribution in [0.25, 0.3) is 27.8 Å². The number of rotatable bonds is 6. The van der Waals surface area contributed by atoms with Gasteiger partial charge in [-0.2, -0.15) is 0 Å². The average molecular weight is 359 g/mol. The summed E-state index contributed by atoms with van der Waals surface area (Å²) in [6.45, 7) is 1.24. The Hall–Kier alpha value is -3.38. The summed E-state index contributed by atoms with van der Waals surface area (Å²) in [7, 11) is 0. The maximum Gasteiger partial charge on any atom is 0.150 e. The van der Waals surface area contributed by atoms with E-state index in [0.717, 1.165) is 40.0 Å². The van der Waals surface area contributed by atoms with Crippen molar-refractivity contribution in [1.82, 2.24) is 14.5 Å². The van der Waals surface area contributed by atoms with Crippen molar-refractivity contribution in [2.45, 2.75) is 6.42 Å². The quantitative estimate of drug-likeness (QED) is 0.515. The molecule has 0 radical (unpaired) electrons. The van der Waals surface area contributed by atoms with E-state index in [1.807, 2.05) is 47.0 Å². The van der Waals surface area contributed by atoms with Crippen LogP contribution in [0.15, 0.2) is 67.1 Å². The fourth-order valence-electron chi connectivity index (χ4n) is 3.10. The molecule has 0 atom stereocenters. The van der Waals surface area contributed by atoms with E-state index in [0.29, 0.717) is 19.0 Å². The minimum atomic E-state index is 0.472. The zero-order valence-corrected chi connectivity index (χ0v) is 14.9. The van der Waals surface area contributed by atoms with Gasteiger partial charge >= 0.3 is 0 Å². The van der Waals surface area contributed by atoms with Gasteiger partial charge in [-0.05, 0) is 42.8 Å². The van der Waals surface area contributed by atoms with E-state index in [1.54, 1.807) is 0 Å². The first-order valence-corrected chi connectivity index (χ1v) is 8.88. The smallest absolute Gasteiger partial charge is 0.150 e. The van der Waals surface area contributed by atoms with Gasteiger partial charge in [-0.1, -0.05) is 30.3 Å². The molecule has 4 rings (SSSR count). The van der Waals surface area contributed by atoms with Crippen LogP contribution >= 0.6 is 0 Å². The Kier molecular flexibility index (Phi) is 4.72. The molecule has 0 saturated heterocycles. The van der Waals surface area contributed by atoms with E-state index in [-0.39, 0.29) is 0 Å². The lowest BCUT2D eigenvalue weighted by atomic mass is 10.1. The van der Waals surface area contributed by atoms with E-state index in [2.05, 4.69) is 28.3 Å². The van der Waals surface area contributed by atoms with Gasteiger partial charge < -0.3 is 20.8 Å². The predicted octanol–water partition coefficient (Wildman–Crippen LogP) is 3.40. The second kappa shape index (κ2) is 7.47. The Labute approximate surface area is 157 Å². The van der Waals surface area contributed by atoms with Crippen LogP contribution in [-0.2, 0) is 0 Å². The molecule has 0 amide bonds. The molecular weight excluding hydrogens is 338 g/mol. The minimum absolute atomic E-state index is 0.472. The third-order valence-corrected chi connectivity index (χ3v) is 4.43. The van der Waals surface area contributed by atoms with Crippen LogP contribution in [0.4, 0.5) is 5.82 Å². The minimum Gasteiger partial charge on any atom is -0.494 e. The molecule has 0 spiro atoms. The van der Waals surface area contributed by atoms with Gasteiger partial charge in [0, 0.05) is 17.4 Å². The molecule has 27 heavy (non-hydrogen) atoms. The molecule has 2 heterocycles. The zero-order valence-electron chi connectivity index (χ0n) is 14.9. The monoisotopic (exact) mass is 359 g/mol.